The van der Waals surface area contributed by atoms with Gasteiger partial charge in [0.25, 0.3) is 0 Å². The van der Waals surface area contributed by atoms with Gasteiger partial charge >= 0.3 is 10.4 Å². The largest absolute Gasteiger partial charge is 0.394 e. The van der Waals surface area contributed by atoms with Crippen molar-refractivity contribution >= 4 is 10.4 Å². The van der Waals surface area contributed by atoms with Crippen LogP contribution in [0.25, 0.3) is 0 Å². The lowest BCUT2D eigenvalue weighted by atomic mass is 9.91. The average molecular weight is 466 g/mol. The number of morpholine rings is 1. The van der Waals surface area contributed by atoms with Gasteiger partial charge < -0.3 is 10.1 Å². The molecule has 188 valence electrons. The average Bonchev–Trinajstić information content (AvgIpc) is 2.73. The lowest BCUT2D eigenvalue weighted by Crippen LogP contribution is -2.49. The van der Waals surface area contributed by atoms with Gasteiger partial charge in [-0.25, -0.2) is 0 Å². The van der Waals surface area contributed by atoms with Gasteiger partial charge in [0, 0.05) is 13.1 Å². The SMILES string of the molecule is CCCCCCCCCCCCCCCCCCC1(CC)CNCCO1.O=S(=O)(O)O. The van der Waals surface area contributed by atoms with E-state index < -0.39 is 10.4 Å². The molecule has 1 heterocycles. The summed E-state index contributed by atoms with van der Waals surface area (Å²) in [7, 11) is -4.67. The Morgan fingerprint density at radius 2 is 1.13 bits per heavy atom. The van der Waals surface area contributed by atoms with Gasteiger partial charge in [0.2, 0.25) is 0 Å². The summed E-state index contributed by atoms with van der Waals surface area (Å²) in [6.45, 7) is 7.56. The van der Waals surface area contributed by atoms with E-state index in [1.54, 1.807) is 0 Å². The molecule has 0 spiro atoms. The second-order valence-corrected chi connectivity index (χ2v) is 9.96. The van der Waals surface area contributed by atoms with Crippen LogP contribution in [0.5, 0.6) is 0 Å². The molecule has 0 bridgehead atoms. The van der Waals surface area contributed by atoms with Gasteiger partial charge in [-0.2, -0.15) is 8.42 Å². The Kier molecular flexibility index (Phi) is 20.3. The van der Waals surface area contributed by atoms with E-state index in [2.05, 4.69) is 19.2 Å². The topological polar surface area (TPSA) is 95.9 Å². The van der Waals surface area contributed by atoms with Gasteiger partial charge in [-0.15, -0.1) is 0 Å². The molecular formula is C24H51NO5S. The molecule has 31 heavy (non-hydrogen) atoms. The van der Waals surface area contributed by atoms with E-state index in [9.17, 15) is 0 Å². The number of nitrogens with one attached hydrogen (secondary N) is 1. The van der Waals surface area contributed by atoms with Crippen molar-refractivity contribution in [1.82, 2.24) is 5.32 Å². The fraction of sp³-hybridized carbons (Fsp3) is 1.00. The molecule has 1 saturated heterocycles. The molecule has 0 aromatic heterocycles. The maximum atomic E-state index is 8.74. The molecule has 1 aliphatic heterocycles. The molecule has 1 rings (SSSR count). The van der Waals surface area contributed by atoms with E-state index in [0.29, 0.717) is 0 Å². The Morgan fingerprint density at radius 1 is 0.742 bits per heavy atom. The van der Waals surface area contributed by atoms with E-state index in [-0.39, 0.29) is 5.60 Å². The zero-order valence-electron chi connectivity index (χ0n) is 20.4. The first-order valence-electron chi connectivity index (χ1n) is 12.9. The molecule has 3 N–H and O–H groups in total. The van der Waals surface area contributed by atoms with Crippen LogP contribution in [-0.4, -0.2) is 42.8 Å². The van der Waals surface area contributed by atoms with Gasteiger partial charge in [-0.3, -0.25) is 9.11 Å². The van der Waals surface area contributed by atoms with E-state index in [0.717, 1.165) is 26.1 Å². The van der Waals surface area contributed by atoms with E-state index >= 15 is 0 Å². The predicted molar refractivity (Wildman–Crippen MR) is 130 cm³/mol. The van der Waals surface area contributed by atoms with E-state index in [1.807, 2.05) is 0 Å². The second kappa shape index (κ2) is 20.4. The Bertz CT molecular complexity index is 470. The standard InChI is InChI=1S/C24H49NO.H2O4S/c1-3-5-6-7-8-9-10-11-12-13-14-15-16-17-18-19-20-24(4-2)23-25-21-22-26-24;1-5(2,3)4/h25H,3-23H2,1-2H3;(H2,1,2,3,4). The number of unbranched alkanes of at least 4 members (excludes halogenated alkanes) is 15. The summed E-state index contributed by atoms with van der Waals surface area (Å²) >= 11 is 0. The normalized spacial score (nSPS) is 19.1. The molecule has 0 saturated carbocycles. The summed E-state index contributed by atoms with van der Waals surface area (Å²) in [4.78, 5) is 0. The van der Waals surface area contributed by atoms with E-state index in [4.69, 9.17) is 22.3 Å². The molecule has 6 nitrogen and oxygen atoms in total. The molecule has 1 unspecified atom stereocenters. The summed E-state index contributed by atoms with van der Waals surface area (Å²) in [5.41, 5.74) is 0.147. The zero-order valence-corrected chi connectivity index (χ0v) is 21.2. The number of rotatable bonds is 18. The molecule has 1 aliphatic rings. The van der Waals surface area contributed by atoms with Crippen molar-refractivity contribution in [3.05, 3.63) is 0 Å². The highest BCUT2D eigenvalue weighted by atomic mass is 32.3. The summed E-state index contributed by atoms with van der Waals surface area (Å²) in [5.74, 6) is 0. The quantitative estimate of drug-likeness (QED) is 0.153. The minimum atomic E-state index is -4.67. The predicted octanol–water partition coefficient (Wildman–Crippen LogP) is 6.75. The summed E-state index contributed by atoms with van der Waals surface area (Å²) in [5, 5.41) is 3.51. The van der Waals surface area contributed by atoms with Crippen molar-refractivity contribution in [2.45, 2.75) is 135 Å². The maximum absolute atomic E-state index is 8.74. The molecule has 0 aliphatic carbocycles. The molecule has 0 radical (unpaired) electrons. The van der Waals surface area contributed by atoms with Crippen LogP contribution in [0, 0.1) is 0 Å². The Balaban J connectivity index is 0.00000161. The molecule has 1 fully saturated rings. The number of ether oxygens (including phenoxy) is 1. The van der Waals surface area contributed by atoms with Crippen LogP contribution in [0.4, 0.5) is 0 Å². The van der Waals surface area contributed by atoms with Crippen LogP contribution < -0.4 is 5.32 Å². The molecule has 7 heteroatoms. The van der Waals surface area contributed by atoms with Crippen LogP contribution in [0.3, 0.4) is 0 Å². The van der Waals surface area contributed by atoms with Gasteiger partial charge in [0.1, 0.15) is 0 Å². The van der Waals surface area contributed by atoms with Gasteiger partial charge in [-0.1, -0.05) is 117 Å². The van der Waals surface area contributed by atoms with E-state index in [1.165, 1.54) is 109 Å². The van der Waals surface area contributed by atoms with Crippen LogP contribution >= 0.6 is 0 Å². The second-order valence-electron chi connectivity index (χ2n) is 9.06. The van der Waals surface area contributed by atoms with Crippen molar-refractivity contribution < 1.29 is 22.3 Å². The van der Waals surface area contributed by atoms with Crippen LogP contribution in [0.1, 0.15) is 129 Å². The highest BCUT2D eigenvalue weighted by Gasteiger charge is 2.30. The monoisotopic (exact) mass is 465 g/mol. The van der Waals surface area contributed by atoms with Crippen molar-refractivity contribution in [2.75, 3.05) is 19.7 Å². The number of hydrogen-bond acceptors (Lipinski definition) is 4. The van der Waals surface area contributed by atoms with Crippen LogP contribution in [-0.2, 0) is 15.1 Å². The fourth-order valence-corrected chi connectivity index (χ4v) is 4.27. The Hall–Kier alpha value is -0.210. The minimum Gasteiger partial charge on any atom is -0.372 e. The highest BCUT2D eigenvalue weighted by Crippen LogP contribution is 2.25. The summed E-state index contributed by atoms with van der Waals surface area (Å²) in [6, 6.07) is 0. The third-order valence-electron chi connectivity index (χ3n) is 6.26. The third-order valence-corrected chi connectivity index (χ3v) is 6.26. The minimum absolute atomic E-state index is 0.147. The molecule has 0 aromatic rings. The Morgan fingerprint density at radius 3 is 1.45 bits per heavy atom. The molecule has 1 atom stereocenters. The van der Waals surface area contributed by atoms with Gasteiger partial charge in [-0.05, 0) is 12.8 Å². The van der Waals surface area contributed by atoms with Crippen LogP contribution in [0.2, 0.25) is 0 Å². The first-order valence-corrected chi connectivity index (χ1v) is 14.3. The maximum Gasteiger partial charge on any atom is 0.394 e. The molecule has 0 amide bonds. The first kappa shape index (κ1) is 30.8. The van der Waals surface area contributed by atoms with Crippen molar-refractivity contribution in [1.29, 1.82) is 0 Å². The van der Waals surface area contributed by atoms with Gasteiger partial charge in [0.05, 0.1) is 12.2 Å². The summed E-state index contributed by atoms with van der Waals surface area (Å²) in [6.07, 6.45) is 25.5. The smallest absolute Gasteiger partial charge is 0.372 e. The third kappa shape index (κ3) is 22.8. The van der Waals surface area contributed by atoms with Crippen molar-refractivity contribution in [2.24, 2.45) is 0 Å². The van der Waals surface area contributed by atoms with Crippen LogP contribution in [0.15, 0.2) is 0 Å². The summed E-state index contributed by atoms with van der Waals surface area (Å²) < 4.78 is 37.7. The van der Waals surface area contributed by atoms with Crippen molar-refractivity contribution in [3.8, 4) is 0 Å². The molecular weight excluding hydrogens is 414 g/mol. The van der Waals surface area contributed by atoms with Crippen molar-refractivity contribution in [3.63, 3.8) is 0 Å². The van der Waals surface area contributed by atoms with Gasteiger partial charge in [0.15, 0.2) is 0 Å². The lowest BCUT2D eigenvalue weighted by molar-refractivity contribution is -0.0748. The molecule has 0 aromatic carbocycles. The fourth-order valence-electron chi connectivity index (χ4n) is 4.27. The number of hydrogen-bond donors (Lipinski definition) is 3. The zero-order chi connectivity index (χ0) is 23.3. The highest BCUT2D eigenvalue weighted by molar-refractivity contribution is 7.79. The Labute approximate surface area is 192 Å². The lowest BCUT2D eigenvalue weighted by Gasteiger charge is -2.37. The first-order chi connectivity index (χ1) is 14.8.